The molecule has 5 rings (SSSR count). The van der Waals surface area contributed by atoms with Crippen molar-refractivity contribution < 1.29 is 8.42 Å². The van der Waals surface area contributed by atoms with Crippen LogP contribution in [0.25, 0.3) is 16.8 Å². The third-order valence-corrected chi connectivity index (χ3v) is 7.97. The number of nitrogens with one attached hydrogen (secondary N) is 1. The summed E-state index contributed by atoms with van der Waals surface area (Å²) < 4.78 is 27.5. The topological polar surface area (TPSA) is 106 Å². The molecule has 30 heavy (non-hydrogen) atoms. The van der Waals surface area contributed by atoms with Crippen molar-refractivity contribution >= 4 is 26.6 Å². The fraction of sp³-hybridized carbons (Fsp3) is 0.429. The fourth-order valence-electron chi connectivity index (χ4n) is 4.76. The van der Waals surface area contributed by atoms with Crippen molar-refractivity contribution in [3.05, 3.63) is 54.4 Å². The van der Waals surface area contributed by atoms with Gasteiger partial charge in [-0.15, -0.1) is 10.2 Å². The number of aromatic nitrogens is 6. The summed E-state index contributed by atoms with van der Waals surface area (Å²) >= 11 is 0. The number of hydrogen-bond acceptors (Lipinski definition) is 6. The molecular formula is C21H24N6O2S. The highest BCUT2D eigenvalue weighted by Crippen LogP contribution is 2.43. The molecule has 0 unspecified atom stereocenters. The molecule has 0 bridgehead atoms. The maximum Gasteiger partial charge on any atom is 0.179 e. The minimum absolute atomic E-state index is 0.134. The second kappa shape index (κ2) is 7.46. The van der Waals surface area contributed by atoms with E-state index in [0.29, 0.717) is 12.3 Å². The van der Waals surface area contributed by atoms with Gasteiger partial charge in [0.25, 0.3) is 0 Å². The lowest BCUT2D eigenvalue weighted by Gasteiger charge is -2.13. The summed E-state index contributed by atoms with van der Waals surface area (Å²) in [6.07, 6.45) is 7.42. The maximum absolute atomic E-state index is 12.7. The predicted octanol–water partition coefficient (Wildman–Crippen LogP) is 2.79. The standard InChI is InChI=1S/C21H24N6O2S/c1-14-10-15(13-30(28,29)9-6-16-4-2-3-7-22-16)11-17(14)21-26-25-19-12-24-20-18(27(19)21)5-8-23-20/h2-5,7-8,12,14-15,17,23H,6,9-11,13H2,1H3/t14-,15+,17+/m1/s1. The summed E-state index contributed by atoms with van der Waals surface area (Å²) in [5, 5.41) is 8.77. The molecule has 4 aromatic heterocycles. The van der Waals surface area contributed by atoms with Crippen molar-refractivity contribution in [2.75, 3.05) is 11.5 Å². The van der Waals surface area contributed by atoms with Crippen LogP contribution in [0.3, 0.4) is 0 Å². The van der Waals surface area contributed by atoms with Crippen molar-refractivity contribution in [1.29, 1.82) is 0 Å². The smallest absolute Gasteiger partial charge is 0.179 e. The second-order valence-corrected chi connectivity index (χ2v) is 10.6. The average Bonchev–Trinajstić information content (AvgIpc) is 3.44. The predicted molar refractivity (Wildman–Crippen MR) is 114 cm³/mol. The fourth-order valence-corrected chi connectivity index (χ4v) is 6.44. The van der Waals surface area contributed by atoms with Gasteiger partial charge in [-0.1, -0.05) is 13.0 Å². The van der Waals surface area contributed by atoms with Crippen LogP contribution in [0.5, 0.6) is 0 Å². The number of H-pyrrole nitrogens is 1. The van der Waals surface area contributed by atoms with Gasteiger partial charge >= 0.3 is 0 Å². The van der Waals surface area contributed by atoms with E-state index in [1.807, 2.05) is 30.5 Å². The molecule has 0 spiro atoms. The summed E-state index contributed by atoms with van der Waals surface area (Å²) in [4.78, 5) is 11.7. The van der Waals surface area contributed by atoms with Gasteiger partial charge in [-0.25, -0.2) is 13.4 Å². The van der Waals surface area contributed by atoms with Gasteiger partial charge < -0.3 is 4.98 Å². The van der Waals surface area contributed by atoms with Gasteiger partial charge in [0.05, 0.1) is 23.2 Å². The Morgan fingerprint density at radius 3 is 2.90 bits per heavy atom. The van der Waals surface area contributed by atoms with E-state index in [9.17, 15) is 8.42 Å². The third kappa shape index (κ3) is 3.58. The minimum atomic E-state index is -3.14. The van der Waals surface area contributed by atoms with Crippen LogP contribution >= 0.6 is 0 Å². The van der Waals surface area contributed by atoms with Gasteiger partial charge in [-0.05, 0) is 42.9 Å². The van der Waals surface area contributed by atoms with E-state index in [4.69, 9.17) is 0 Å². The van der Waals surface area contributed by atoms with Gasteiger partial charge in [0.1, 0.15) is 5.82 Å². The zero-order chi connectivity index (χ0) is 20.7. The quantitative estimate of drug-likeness (QED) is 0.510. The highest BCUT2D eigenvalue weighted by atomic mass is 32.2. The number of fused-ring (bicyclic) bond motifs is 3. The molecule has 1 fully saturated rings. The molecule has 1 aliphatic rings. The molecular weight excluding hydrogens is 400 g/mol. The van der Waals surface area contributed by atoms with Gasteiger partial charge in [-0.3, -0.25) is 9.38 Å². The van der Waals surface area contributed by atoms with E-state index < -0.39 is 9.84 Å². The largest absolute Gasteiger partial charge is 0.345 e. The first-order chi connectivity index (χ1) is 14.5. The molecule has 0 aromatic carbocycles. The van der Waals surface area contributed by atoms with Gasteiger partial charge in [0.2, 0.25) is 0 Å². The molecule has 8 nitrogen and oxygen atoms in total. The van der Waals surface area contributed by atoms with Crippen molar-refractivity contribution in [2.24, 2.45) is 11.8 Å². The SMILES string of the molecule is C[C@@H]1C[C@H](CS(=O)(=O)CCc2ccccn2)C[C@@H]1c1nnc2cnc3[nH]ccc3n12. The third-order valence-electron chi connectivity index (χ3n) is 6.16. The zero-order valence-corrected chi connectivity index (χ0v) is 17.6. The molecule has 1 saturated carbocycles. The normalized spacial score (nSPS) is 22.2. The van der Waals surface area contributed by atoms with Gasteiger partial charge in [0, 0.05) is 30.4 Å². The van der Waals surface area contributed by atoms with Crippen LogP contribution in [-0.2, 0) is 16.3 Å². The van der Waals surface area contributed by atoms with Gasteiger partial charge in [-0.2, -0.15) is 0 Å². The summed E-state index contributed by atoms with van der Waals surface area (Å²) in [6.45, 7) is 2.18. The monoisotopic (exact) mass is 424 g/mol. The molecule has 9 heteroatoms. The van der Waals surface area contributed by atoms with Crippen molar-refractivity contribution in [3.63, 3.8) is 0 Å². The van der Waals surface area contributed by atoms with Crippen LogP contribution in [-0.4, -0.2) is 49.5 Å². The number of aromatic amines is 1. The molecule has 156 valence electrons. The number of pyridine rings is 1. The number of rotatable bonds is 6. The van der Waals surface area contributed by atoms with Gasteiger partial charge in [0.15, 0.2) is 21.1 Å². The molecule has 0 radical (unpaired) electrons. The first-order valence-corrected chi connectivity index (χ1v) is 12.1. The Hall–Kier alpha value is -2.81. The van der Waals surface area contributed by atoms with E-state index in [-0.39, 0.29) is 23.3 Å². The molecule has 4 heterocycles. The average molecular weight is 425 g/mol. The summed E-state index contributed by atoms with van der Waals surface area (Å²) in [7, 11) is -3.14. The summed E-state index contributed by atoms with van der Waals surface area (Å²) in [5.74, 6) is 1.92. The van der Waals surface area contributed by atoms with E-state index in [2.05, 4.69) is 36.5 Å². The Morgan fingerprint density at radius 1 is 1.17 bits per heavy atom. The van der Waals surface area contributed by atoms with Crippen molar-refractivity contribution in [2.45, 2.75) is 32.1 Å². The Bertz CT molecular complexity index is 1280. The van der Waals surface area contributed by atoms with E-state index in [1.165, 1.54) is 0 Å². The maximum atomic E-state index is 12.7. The Balaban J connectivity index is 1.33. The van der Waals surface area contributed by atoms with Crippen molar-refractivity contribution in [3.8, 4) is 0 Å². The Kier molecular flexibility index (Phi) is 4.77. The summed E-state index contributed by atoms with van der Waals surface area (Å²) in [5.41, 5.74) is 3.28. The van der Waals surface area contributed by atoms with Crippen LogP contribution in [0.15, 0.2) is 42.9 Å². The van der Waals surface area contributed by atoms with Crippen LogP contribution in [0.1, 0.15) is 37.2 Å². The molecule has 3 atom stereocenters. The Morgan fingerprint density at radius 2 is 2.07 bits per heavy atom. The zero-order valence-electron chi connectivity index (χ0n) is 16.8. The molecule has 0 amide bonds. The Labute approximate surface area is 174 Å². The lowest BCUT2D eigenvalue weighted by atomic mass is 9.97. The molecule has 1 aliphatic carbocycles. The second-order valence-electron chi connectivity index (χ2n) is 8.33. The lowest BCUT2D eigenvalue weighted by Crippen LogP contribution is -2.19. The molecule has 0 aliphatic heterocycles. The van der Waals surface area contributed by atoms with Crippen LogP contribution in [0, 0.1) is 11.8 Å². The van der Waals surface area contributed by atoms with E-state index >= 15 is 0 Å². The van der Waals surface area contributed by atoms with Crippen LogP contribution in [0.2, 0.25) is 0 Å². The first kappa shape index (κ1) is 19.2. The lowest BCUT2D eigenvalue weighted by molar-refractivity contribution is 0.505. The molecule has 1 N–H and O–H groups in total. The number of aryl methyl sites for hydroxylation is 1. The van der Waals surface area contributed by atoms with Crippen LogP contribution < -0.4 is 0 Å². The van der Waals surface area contributed by atoms with Crippen LogP contribution in [0.4, 0.5) is 0 Å². The van der Waals surface area contributed by atoms with E-state index in [1.54, 1.807) is 12.4 Å². The van der Waals surface area contributed by atoms with E-state index in [0.717, 1.165) is 41.2 Å². The molecule has 0 saturated heterocycles. The number of nitrogens with zero attached hydrogens (tertiary/aromatic N) is 5. The number of sulfone groups is 1. The first-order valence-electron chi connectivity index (χ1n) is 10.3. The molecule has 4 aromatic rings. The highest BCUT2D eigenvalue weighted by molar-refractivity contribution is 7.91. The van der Waals surface area contributed by atoms with Crippen molar-refractivity contribution in [1.82, 2.24) is 29.5 Å². The number of hydrogen-bond donors (Lipinski definition) is 1. The summed E-state index contributed by atoms with van der Waals surface area (Å²) in [6, 6.07) is 7.57. The minimum Gasteiger partial charge on any atom is -0.345 e. The highest BCUT2D eigenvalue weighted by Gasteiger charge is 2.37.